The van der Waals surface area contributed by atoms with Gasteiger partial charge in [-0.05, 0) is 18.6 Å². The smallest absolute Gasteiger partial charge is 0.412 e. The number of hydrogen-bond donors (Lipinski definition) is 2. The van der Waals surface area contributed by atoms with E-state index in [2.05, 4.69) is 15.0 Å². The van der Waals surface area contributed by atoms with Gasteiger partial charge in [-0.15, -0.1) is 0 Å². The second kappa shape index (κ2) is 3.75. The van der Waals surface area contributed by atoms with Crippen LogP contribution in [0.4, 0.5) is 16.3 Å². The molecule has 5 nitrogen and oxygen atoms in total. The highest BCUT2D eigenvalue weighted by Crippen LogP contribution is 2.12. The van der Waals surface area contributed by atoms with Crippen molar-refractivity contribution in [1.82, 2.24) is 4.98 Å². The number of anilines is 2. The second-order valence-electron chi connectivity index (χ2n) is 2.54. The van der Waals surface area contributed by atoms with Gasteiger partial charge in [0.1, 0.15) is 5.82 Å². The number of carbonyl (C=O) groups excluding carboxylic acids is 1. The Kier molecular flexibility index (Phi) is 2.69. The number of nitrogens with one attached hydrogen (secondary N) is 1. The highest BCUT2D eigenvalue weighted by molar-refractivity contribution is 5.83. The molecular formula is C8H11N3O2. The van der Waals surface area contributed by atoms with Gasteiger partial charge >= 0.3 is 6.09 Å². The number of aromatic nitrogens is 1. The Morgan fingerprint density at radius 2 is 2.38 bits per heavy atom. The number of methoxy groups -OCH3 is 1. The fourth-order valence-corrected chi connectivity index (χ4v) is 0.791. The van der Waals surface area contributed by atoms with Gasteiger partial charge in [-0.3, -0.25) is 5.32 Å². The molecule has 0 saturated carbocycles. The van der Waals surface area contributed by atoms with E-state index >= 15 is 0 Å². The first-order chi connectivity index (χ1) is 6.13. The van der Waals surface area contributed by atoms with Crippen molar-refractivity contribution in [2.75, 3.05) is 18.2 Å². The van der Waals surface area contributed by atoms with Crippen molar-refractivity contribution in [2.24, 2.45) is 0 Å². The molecule has 0 spiro atoms. The van der Waals surface area contributed by atoms with E-state index in [1.807, 2.05) is 6.92 Å². The SMILES string of the molecule is COC(=O)Nc1cc(C)c(N)cn1. The Hall–Kier alpha value is -1.78. The van der Waals surface area contributed by atoms with E-state index in [1.165, 1.54) is 13.3 Å². The maximum absolute atomic E-state index is 10.8. The fourth-order valence-electron chi connectivity index (χ4n) is 0.791. The van der Waals surface area contributed by atoms with Crippen LogP contribution < -0.4 is 11.1 Å². The molecule has 0 aromatic carbocycles. The molecule has 0 unspecified atom stereocenters. The van der Waals surface area contributed by atoms with E-state index < -0.39 is 6.09 Å². The second-order valence-corrected chi connectivity index (χ2v) is 2.54. The van der Waals surface area contributed by atoms with Crippen molar-refractivity contribution in [1.29, 1.82) is 0 Å². The molecule has 1 heterocycles. The van der Waals surface area contributed by atoms with Crippen LogP contribution in [-0.2, 0) is 4.74 Å². The first kappa shape index (κ1) is 9.31. The number of rotatable bonds is 1. The van der Waals surface area contributed by atoms with Gasteiger partial charge in [0.05, 0.1) is 19.0 Å². The molecule has 0 bridgehead atoms. The summed E-state index contributed by atoms with van der Waals surface area (Å²) >= 11 is 0. The quantitative estimate of drug-likeness (QED) is 0.681. The Morgan fingerprint density at radius 3 is 2.92 bits per heavy atom. The van der Waals surface area contributed by atoms with E-state index in [0.717, 1.165) is 5.56 Å². The highest BCUT2D eigenvalue weighted by atomic mass is 16.5. The van der Waals surface area contributed by atoms with Crippen LogP contribution in [0.2, 0.25) is 0 Å². The van der Waals surface area contributed by atoms with Crippen LogP contribution in [0.25, 0.3) is 0 Å². The minimum atomic E-state index is -0.545. The normalized spacial score (nSPS) is 9.38. The molecule has 1 aromatic rings. The number of nitrogens with zero attached hydrogens (tertiary/aromatic N) is 1. The van der Waals surface area contributed by atoms with Gasteiger partial charge in [0.25, 0.3) is 0 Å². The number of aryl methyl sites for hydroxylation is 1. The minimum Gasteiger partial charge on any atom is -0.453 e. The summed E-state index contributed by atoms with van der Waals surface area (Å²) in [6.07, 6.45) is 0.942. The highest BCUT2D eigenvalue weighted by Gasteiger charge is 2.02. The number of hydrogen-bond acceptors (Lipinski definition) is 4. The van der Waals surface area contributed by atoms with E-state index in [0.29, 0.717) is 11.5 Å². The Morgan fingerprint density at radius 1 is 1.69 bits per heavy atom. The van der Waals surface area contributed by atoms with Crippen molar-refractivity contribution in [3.63, 3.8) is 0 Å². The first-order valence-corrected chi connectivity index (χ1v) is 3.70. The Bertz CT molecular complexity index is 325. The number of nitrogen functional groups attached to an aromatic ring is 1. The maximum Gasteiger partial charge on any atom is 0.412 e. The molecule has 13 heavy (non-hydrogen) atoms. The largest absolute Gasteiger partial charge is 0.453 e. The summed E-state index contributed by atoms with van der Waals surface area (Å²) in [5.41, 5.74) is 7.00. The molecule has 0 aliphatic rings. The van der Waals surface area contributed by atoms with Crippen LogP contribution in [-0.4, -0.2) is 18.2 Å². The molecule has 1 amide bonds. The molecule has 70 valence electrons. The third kappa shape index (κ3) is 2.33. The summed E-state index contributed by atoms with van der Waals surface area (Å²) in [6, 6.07) is 1.67. The molecule has 0 radical (unpaired) electrons. The first-order valence-electron chi connectivity index (χ1n) is 3.70. The van der Waals surface area contributed by atoms with Gasteiger partial charge in [0.15, 0.2) is 0 Å². The molecule has 0 fully saturated rings. The monoisotopic (exact) mass is 181 g/mol. The predicted octanol–water partition coefficient (Wildman–Crippen LogP) is 1.15. The van der Waals surface area contributed by atoms with Crippen molar-refractivity contribution in [3.05, 3.63) is 17.8 Å². The number of nitrogens with two attached hydrogens (primary N) is 1. The molecular weight excluding hydrogens is 170 g/mol. The van der Waals surface area contributed by atoms with Crippen molar-refractivity contribution < 1.29 is 9.53 Å². The fraction of sp³-hybridized carbons (Fsp3) is 0.250. The minimum absolute atomic E-state index is 0.429. The maximum atomic E-state index is 10.8. The third-order valence-corrected chi connectivity index (χ3v) is 1.57. The summed E-state index contributed by atoms with van der Waals surface area (Å²) < 4.78 is 4.40. The van der Waals surface area contributed by atoms with Gasteiger partial charge < -0.3 is 10.5 Å². The lowest BCUT2D eigenvalue weighted by atomic mass is 10.2. The summed E-state index contributed by atoms with van der Waals surface area (Å²) in [5.74, 6) is 0.429. The standard InChI is InChI=1S/C8H11N3O2/c1-5-3-7(10-4-6(5)9)11-8(12)13-2/h3-4H,9H2,1-2H3,(H,10,11,12). The predicted molar refractivity (Wildman–Crippen MR) is 49.4 cm³/mol. The molecule has 0 atom stereocenters. The van der Waals surface area contributed by atoms with Gasteiger partial charge in [-0.1, -0.05) is 0 Å². The van der Waals surface area contributed by atoms with Crippen LogP contribution in [0.5, 0.6) is 0 Å². The van der Waals surface area contributed by atoms with Gasteiger partial charge in [-0.2, -0.15) is 0 Å². The van der Waals surface area contributed by atoms with Crippen LogP contribution >= 0.6 is 0 Å². The summed E-state index contributed by atoms with van der Waals surface area (Å²) in [5, 5.41) is 2.43. The zero-order chi connectivity index (χ0) is 9.84. The molecule has 0 saturated heterocycles. The molecule has 3 N–H and O–H groups in total. The van der Waals surface area contributed by atoms with Gasteiger partial charge in [0, 0.05) is 0 Å². The molecule has 0 aliphatic carbocycles. The number of carbonyl (C=O) groups is 1. The zero-order valence-electron chi connectivity index (χ0n) is 7.50. The van der Waals surface area contributed by atoms with Crippen LogP contribution in [0.3, 0.4) is 0 Å². The van der Waals surface area contributed by atoms with Crippen molar-refractivity contribution in [2.45, 2.75) is 6.92 Å². The lowest BCUT2D eigenvalue weighted by Crippen LogP contribution is -2.12. The summed E-state index contributed by atoms with van der Waals surface area (Å²) in [4.78, 5) is 14.7. The van der Waals surface area contributed by atoms with Crippen molar-refractivity contribution >= 4 is 17.6 Å². The number of ether oxygens (including phenoxy) is 1. The van der Waals surface area contributed by atoms with Crippen LogP contribution in [0.15, 0.2) is 12.3 Å². The molecule has 5 heteroatoms. The van der Waals surface area contributed by atoms with E-state index in [-0.39, 0.29) is 0 Å². The molecule has 1 rings (SSSR count). The number of amides is 1. The van der Waals surface area contributed by atoms with Gasteiger partial charge in [-0.25, -0.2) is 9.78 Å². The van der Waals surface area contributed by atoms with Gasteiger partial charge in [0.2, 0.25) is 0 Å². The average molecular weight is 181 g/mol. The van der Waals surface area contributed by atoms with Crippen molar-refractivity contribution in [3.8, 4) is 0 Å². The summed E-state index contributed by atoms with van der Waals surface area (Å²) in [7, 11) is 1.29. The van der Waals surface area contributed by atoms with E-state index in [4.69, 9.17) is 5.73 Å². The van der Waals surface area contributed by atoms with E-state index in [1.54, 1.807) is 6.07 Å². The van der Waals surface area contributed by atoms with Crippen LogP contribution in [0, 0.1) is 6.92 Å². The lowest BCUT2D eigenvalue weighted by Gasteiger charge is -2.04. The number of pyridine rings is 1. The topological polar surface area (TPSA) is 77.2 Å². The Labute approximate surface area is 75.9 Å². The molecule has 1 aromatic heterocycles. The van der Waals surface area contributed by atoms with Crippen LogP contribution in [0.1, 0.15) is 5.56 Å². The lowest BCUT2D eigenvalue weighted by molar-refractivity contribution is 0.187. The average Bonchev–Trinajstić information content (AvgIpc) is 2.11. The summed E-state index contributed by atoms with van der Waals surface area (Å²) in [6.45, 7) is 1.83. The Balaban J connectivity index is 2.79. The molecule has 0 aliphatic heterocycles. The van der Waals surface area contributed by atoms with E-state index in [9.17, 15) is 4.79 Å². The third-order valence-electron chi connectivity index (χ3n) is 1.57. The zero-order valence-corrected chi connectivity index (χ0v) is 7.50.